The molecule has 3 aliphatic carbocycles. The summed E-state index contributed by atoms with van der Waals surface area (Å²) in [6, 6.07) is 0. The first-order chi connectivity index (χ1) is 21.1. The molecular formula is C29H40O16. The maximum atomic E-state index is 13.4. The first-order valence-corrected chi connectivity index (χ1v) is 14.9. The second-order valence-corrected chi connectivity index (χ2v) is 13.3. The molecular weight excluding hydrogens is 604 g/mol. The van der Waals surface area contributed by atoms with E-state index >= 15 is 0 Å². The quantitative estimate of drug-likeness (QED) is 0.0863. The molecule has 5 fully saturated rings. The number of esters is 3. The fourth-order valence-electron chi connectivity index (χ4n) is 9.58. The Labute approximate surface area is 257 Å². The van der Waals surface area contributed by atoms with Crippen molar-refractivity contribution < 1.29 is 78.6 Å². The number of fused-ring (bicyclic) bond motifs is 2. The minimum absolute atomic E-state index is 0.0949. The van der Waals surface area contributed by atoms with Gasteiger partial charge in [0.2, 0.25) is 11.7 Å². The second kappa shape index (κ2) is 10.9. The molecule has 2 saturated carbocycles. The van der Waals surface area contributed by atoms with Gasteiger partial charge in [-0.1, -0.05) is 18.6 Å². The Bertz CT molecular complexity index is 1270. The zero-order valence-electron chi connectivity index (χ0n) is 25.1. The van der Waals surface area contributed by atoms with Gasteiger partial charge in [0.1, 0.15) is 42.7 Å². The molecule has 2 bridgehead atoms. The van der Waals surface area contributed by atoms with Crippen molar-refractivity contribution in [2.45, 2.75) is 100 Å². The summed E-state index contributed by atoms with van der Waals surface area (Å²) in [5.41, 5.74) is -4.57. The van der Waals surface area contributed by atoms with E-state index in [2.05, 4.69) is 0 Å². The highest BCUT2D eigenvalue weighted by molar-refractivity contribution is 5.87. The number of ether oxygens (including phenoxy) is 6. The van der Waals surface area contributed by atoms with E-state index in [1.165, 1.54) is 0 Å². The lowest BCUT2D eigenvalue weighted by Gasteiger charge is -2.68. The first kappa shape index (κ1) is 32.7. The van der Waals surface area contributed by atoms with Crippen molar-refractivity contribution in [3.63, 3.8) is 0 Å². The Morgan fingerprint density at radius 1 is 1.02 bits per heavy atom. The van der Waals surface area contributed by atoms with Crippen molar-refractivity contribution in [1.82, 2.24) is 0 Å². The van der Waals surface area contributed by atoms with Gasteiger partial charge in [0.15, 0.2) is 6.29 Å². The monoisotopic (exact) mass is 644 g/mol. The number of carbonyl (C=O) groups excluding carboxylic acids is 3. The molecule has 17 atom stereocenters. The maximum Gasteiger partial charge on any atom is 0.348 e. The number of allylic oxidation sites excluding steroid dienone is 1. The van der Waals surface area contributed by atoms with E-state index in [-0.39, 0.29) is 13.0 Å². The highest BCUT2D eigenvalue weighted by Crippen LogP contribution is 2.72. The molecule has 1 spiro atoms. The van der Waals surface area contributed by atoms with Crippen molar-refractivity contribution in [1.29, 1.82) is 0 Å². The van der Waals surface area contributed by atoms with Crippen LogP contribution in [0.5, 0.6) is 0 Å². The average molecular weight is 645 g/mol. The summed E-state index contributed by atoms with van der Waals surface area (Å²) in [4.78, 5) is 39.0. The predicted octanol–water partition coefficient (Wildman–Crippen LogP) is -3.73. The van der Waals surface area contributed by atoms with E-state index in [4.69, 9.17) is 28.4 Å². The second-order valence-electron chi connectivity index (χ2n) is 13.3. The molecule has 6 aliphatic rings. The third-order valence-electron chi connectivity index (χ3n) is 11.4. The number of hydrogen-bond donors (Lipinski definition) is 7. The van der Waals surface area contributed by atoms with Gasteiger partial charge in [0.05, 0.1) is 38.4 Å². The van der Waals surface area contributed by atoms with Crippen LogP contribution >= 0.6 is 0 Å². The van der Waals surface area contributed by atoms with Crippen LogP contribution in [0, 0.1) is 28.6 Å². The van der Waals surface area contributed by atoms with Crippen LogP contribution in [-0.2, 0) is 42.8 Å². The molecule has 45 heavy (non-hydrogen) atoms. The zero-order chi connectivity index (χ0) is 33.0. The van der Waals surface area contributed by atoms with Crippen molar-refractivity contribution in [3.05, 3.63) is 11.6 Å². The Kier molecular flexibility index (Phi) is 7.92. The summed E-state index contributed by atoms with van der Waals surface area (Å²) >= 11 is 0. The number of hydrogen-bond acceptors (Lipinski definition) is 16. The number of aliphatic hydroxyl groups excluding tert-OH is 7. The summed E-state index contributed by atoms with van der Waals surface area (Å²) in [7, 11) is 1.05. The van der Waals surface area contributed by atoms with E-state index in [1.54, 1.807) is 19.9 Å². The van der Waals surface area contributed by atoms with Gasteiger partial charge in [-0.25, -0.2) is 9.59 Å². The van der Waals surface area contributed by atoms with Crippen LogP contribution in [0.3, 0.4) is 0 Å². The molecule has 16 nitrogen and oxygen atoms in total. The lowest BCUT2D eigenvalue weighted by molar-refractivity contribution is -0.330. The van der Waals surface area contributed by atoms with Crippen LogP contribution in [0.25, 0.3) is 0 Å². The predicted molar refractivity (Wildman–Crippen MR) is 142 cm³/mol. The molecule has 3 aliphatic heterocycles. The molecule has 16 heteroatoms. The van der Waals surface area contributed by atoms with Gasteiger partial charge in [-0.3, -0.25) is 4.79 Å². The van der Waals surface area contributed by atoms with E-state index in [1.807, 2.05) is 0 Å². The van der Waals surface area contributed by atoms with Gasteiger partial charge in [0.25, 0.3) is 0 Å². The van der Waals surface area contributed by atoms with Gasteiger partial charge in [0, 0.05) is 23.7 Å². The SMILES string of the molecule is COC(=O)[C@@]12OC[C@]34C(C(O)C1O)[C@]1(C)C(C[C@H]3OC(=O)[C@H](OC(C)=O)[C@H]42)C(C)=C[C@H](O[C@@H]2O[C@H](CO)[C@@H](O)[C@H](O)[C@H]2O)[C@H]1O. The minimum atomic E-state index is -2.32. The Morgan fingerprint density at radius 2 is 1.71 bits per heavy atom. The third kappa shape index (κ3) is 4.11. The molecule has 0 aromatic rings. The molecule has 0 aromatic heterocycles. The molecule has 3 heterocycles. The molecule has 4 unspecified atom stereocenters. The van der Waals surface area contributed by atoms with Gasteiger partial charge in [-0.05, 0) is 19.3 Å². The number of carbonyl (C=O) groups is 3. The first-order valence-electron chi connectivity index (χ1n) is 14.9. The van der Waals surface area contributed by atoms with E-state index < -0.39 is 126 Å². The van der Waals surface area contributed by atoms with Crippen molar-refractivity contribution in [2.75, 3.05) is 20.3 Å². The van der Waals surface area contributed by atoms with Gasteiger partial charge in [-0.2, -0.15) is 0 Å². The van der Waals surface area contributed by atoms with Crippen LogP contribution in [0.15, 0.2) is 11.6 Å². The highest BCUT2D eigenvalue weighted by Gasteiger charge is 2.85. The van der Waals surface area contributed by atoms with Crippen LogP contribution in [0.1, 0.15) is 27.2 Å². The van der Waals surface area contributed by atoms with E-state index in [0.29, 0.717) is 5.57 Å². The van der Waals surface area contributed by atoms with Crippen LogP contribution in [0.2, 0.25) is 0 Å². The molecule has 3 saturated heterocycles. The summed E-state index contributed by atoms with van der Waals surface area (Å²) < 4.78 is 33.9. The highest BCUT2D eigenvalue weighted by atomic mass is 16.7. The summed E-state index contributed by atoms with van der Waals surface area (Å²) in [5.74, 6) is -6.04. The fourth-order valence-corrected chi connectivity index (χ4v) is 9.58. The molecule has 7 N–H and O–H groups in total. The van der Waals surface area contributed by atoms with Crippen LogP contribution in [0.4, 0.5) is 0 Å². The van der Waals surface area contributed by atoms with Gasteiger partial charge in [-0.15, -0.1) is 0 Å². The lowest BCUT2D eigenvalue weighted by atomic mass is 9.37. The lowest BCUT2D eigenvalue weighted by Crippen LogP contribution is -2.80. The Morgan fingerprint density at radius 3 is 2.33 bits per heavy atom. The number of rotatable bonds is 5. The summed E-state index contributed by atoms with van der Waals surface area (Å²) in [6.07, 6.45) is -15.6. The topological polar surface area (TPSA) is 248 Å². The maximum absolute atomic E-state index is 13.4. The Balaban J connectivity index is 1.46. The molecule has 0 amide bonds. The molecule has 0 aromatic carbocycles. The summed E-state index contributed by atoms with van der Waals surface area (Å²) in [5, 5.41) is 76.5. The normalized spacial score (nSPS) is 53.4. The van der Waals surface area contributed by atoms with Gasteiger partial charge < -0.3 is 64.2 Å². The number of aliphatic hydroxyl groups is 7. The number of methoxy groups -OCH3 is 1. The van der Waals surface area contributed by atoms with E-state index in [0.717, 1.165) is 14.0 Å². The fraction of sp³-hybridized carbons (Fsp3) is 0.828. The van der Waals surface area contributed by atoms with E-state index in [9.17, 15) is 50.1 Å². The van der Waals surface area contributed by atoms with Crippen molar-refractivity contribution in [2.24, 2.45) is 28.6 Å². The van der Waals surface area contributed by atoms with Crippen molar-refractivity contribution >= 4 is 17.9 Å². The molecule has 6 rings (SSSR count). The Hall–Kier alpha value is -2.25. The smallest absolute Gasteiger partial charge is 0.348 e. The van der Waals surface area contributed by atoms with Gasteiger partial charge >= 0.3 is 17.9 Å². The van der Waals surface area contributed by atoms with Crippen molar-refractivity contribution in [3.8, 4) is 0 Å². The summed E-state index contributed by atoms with van der Waals surface area (Å²) in [6.45, 7) is 3.42. The molecule has 0 radical (unpaired) electrons. The van der Waals surface area contributed by atoms with Crippen LogP contribution < -0.4 is 0 Å². The van der Waals surface area contributed by atoms with Crippen LogP contribution in [-0.4, -0.2) is 147 Å². The minimum Gasteiger partial charge on any atom is -0.467 e. The standard InChI is InChI=1S/C29H40O16/c1-9-5-12(43-25-17(34)16(33)15(32)13(7-30)44-25)22(36)27(3)11(9)6-14-28-8-41-29(26(39)40-4,23(37)18(35)20(27)28)21(28)19(24(38)45-14)42-10(2)31/h5,11-23,25,30,32-37H,6-8H2,1-4H3/t11?,12-,13+,14+,15+,16-,17+,18?,19+,20?,21+,22+,23?,25+,27-,28+,29-/m0/s1. The largest absolute Gasteiger partial charge is 0.467 e. The molecule has 252 valence electrons. The third-order valence-corrected chi connectivity index (χ3v) is 11.4. The zero-order valence-corrected chi connectivity index (χ0v) is 25.1. The average Bonchev–Trinajstić information content (AvgIpc) is 3.30.